The number of aryl methyl sites for hydroxylation is 1. The van der Waals surface area contributed by atoms with Crippen LogP contribution in [0.5, 0.6) is 0 Å². The summed E-state index contributed by atoms with van der Waals surface area (Å²) in [5.74, 6) is 0.373. The van der Waals surface area contributed by atoms with E-state index in [1.54, 1.807) is 11.3 Å². The van der Waals surface area contributed by atoms with Crippen LogP contribution >= 0.6 is 11.3 Å². The summed E-state index contributed by atoms with van der Waals surface area (Å²) in [5.41, 5.74) is 1.82. The van der Waals surface area contributed by atoms with Gasteiger partial charge < -0.3 is 14.7 Å². The Bertz CT molecular complexity index is 808. The van der Waals surface area contributed by atoms with Crippen LogP contribution in [-0.2, 0) is 11.3 Å². The molecule has 0 spiro atoms. The van der Waals surface area contributed by atoms with E-state index in [1.165, 1.54) is 9.75 Å². The van der Waals surface area contributed by atoms with E-state index < -0.39 is 0 Å². The molecule has 5 nitrogen and oxygen atoms in total. The first kappa shape index (κ1) is 21.5. The van der Waals surface area contributed by atoms with Crippen LogP contribution in [0.2, 0.25) is 0 Å². The minimum absolute atomic E-state index is 0.0868. The number of carbonyl (C=O) groups excluding carboxylic acids is 2. The largest absolute Gasteiger partial charge is 0.371 e. The molecule has 3 rings (SSSR count). The van der Waals surface area contributed by atoms with Crippen molar-refractivity contribution in [3.63, 3.8) is 0 Å². The molecule has 1 amide bonds. The molecule has 1 aliphatic rings. The first-order chi connectivity index (χ1) is 14.0. The minimum Gasteiger partial charge on any atom is -0.371 e. The van der Waals surface area contributed by atoms with Gasteiger partial charge in [0.15, 0.2) is 0 Å². The second-order valence-corrected chi connectivity index (χ2v) is 9.42. The molecule has 1 aromatic heterocycles. The van der Waals surface area contributed by atoms with Crippen molar-refractivity contribution in [3.8, 4) is 0 Å². The van der Waals surface area contributed by atoms with Gasteiger partial charge in [0.25, 0.3) is 0 Å². The van der Waals surface area contributed by atoms with Crippen molar-refractivity contribution >= 4 is 29.2 Å². The van der Waals surface area contributed by atoms with Gasteiger partial charge in [-0.05, 0) is 70.3 Å². The Morgan fingerprint density at radius 2 is 1.79 bits per heavy atom. The van der Waals surface area contributed by atoms with Crippen LogP contribution in [0.1, 0.15) is 33.0 Å². The molecular weight excluding hydrogens is 382 g/mol. The molecule has 2 heterocycles. The zero-order valence-corrected chi connectivity index (χ0v) is 18.5. The van der Waals surface area contributed by atoms with Gasteiger partial charge in [0.2, 0.25) is 5.91 Å². The van der Waals surface area contributed by atoms with Crippen molar-refractivity contribution in [2.45, 2.75) is 26.3 Å². The van der Waals surface area contributed by atoms with Gasteiger partial charge in [-0.15, -0.1) is 11.3 Å². The molecule has 156 valence electrons. The maximum atomic E-state index is 13.3. The maximum Gasteiger partial charge on any atom is 0.226 e. The van der Waals surface area contributed by atoms with Gasteiger partial charge in [0.1, 0.15) is 6.29 Å². The fraction of sp³-hybridized carbons (Fsp3) is 0.478. The molecule has 0 atom stereocenters. The summed E-state index contributed by atoms with van der Waals surface area (Å²) in [6.07, 6.45) is 2.61. The maximum absolute atomic E-state index is 13.3. The molecule has 29 heavy (non-hydrogen) atoms. The Morgan fingerprint density at radius 1 is 1.10 bits per heavy atom. The zero-order valence-electron chi connectivity index (χ0n) is 17.6. The predicted molar refractivity (Wildman–Crippen MR) is 120 cm³/mol. The number of rotatable bonds is 8. The van der Waals surface area contributed by atoms with Crippen molar-refractivity contribution in [1.82, 2.24) is 9.80 Å². The van der Waals surface area contributed by atoms with Gasteiger partial charge in [-0.25, -0.2) is 0 Å². The predicted octanol–water partition coefficient (Wildman–Crippen LogP) is 3.68. The molecule has 6 heteroatoms. The lowest BCUT2D eigenvalue weighted by molar-refractivity contribution is -0.137. The highest BCUT2D eigenvalue weighted by Crippen LogP contribution is 2.26. The highest BCUT2D eigenvalue weighted by molar-refractivity contribution is 7.11. The molecule has 0 saturated carbocycles. The summed E-state index contributed by atoms with van der Waals surface area (Å²) in [6.45, 7) is 6.19. The van der Waals surface area contributed by atoms with Gasteiger partial charge in [-0.1, -0.05) is 0 Å². The number of carbonyl (C=O) groups is 2. The van der Waals surface area contributed by atoms with Gasteiger partial charge in [0.05, 0.1) is 6.54 Å². The summed E-state index contributed by atoms with van der Waals surface area (Å²) < 4.78 is 0. The number of piperidine rings is 1. The Morgan fingerprint density at radius 3 is 2.34 bits per heavy atom. The number of benzene rings is 1. The topological polar surface area (TPSA) is 43.9 Å². The number of thiophene rings is 1. The SMILES string of the molecule is Cc1ccc(CN(CCN(C)C)C(=O)C2CCN(c3ccc(C=O)cc3)CC2)s1. The van der Waals surface area contributed by atoms with Crippen LogP contribution < -0.4 is 4.90 Å². The molecule has 1 aromatic carbocycles. The fourth-order valence-electron chi connectivity index (χ4n) is 3.75. The summed E-state index contributed by atoms with van der Waals surface area (Å²) in [7, 11) is 4.10. The summed E-state index contributed by atoms with van der Waals surface area (Å²) in [4.78, 5) is 33.2. The standard InChI is InChI=1S/C23H31N3O2S/c1-18-4-9-22(29-18)16-26(15-14-24(2)3)23(28)20-10-12-25(13-11-20)21-7-5-19(17-27)6-8-21/h4-9,17,20H,10-16H2,1-3H3. The Hall–Kier alpha value is -2.18. The average molecular weight is 414 g/mol. The third-order valence-electron chi connectivity index (χ3n) is 5.51. The molecule has 0 aliphatic carbocycles. The van der Waals surface area contributed by atoms with Crippen molar-refractivity contribution in [1.29, 1.82) is 0 Å². The number of likely N-dealkylation sites (N-methyl/N-ethyl adjacent to an activating group) is 1. The number of aldehydes is 1. The second-order valence-electron chi connectivity index (χ2n) is 8.05. The first-order valence-corrected chi connectivity index (χ1v) is 11.1. The lowest BCUT2D eigenvalue weighted by atomic mass is 9.94. The van der Waals surface area contributed by atoms with E-state index in [2.05, 4.69) is 28.9 Å². The van der Waals surface area contributed by atoms with Crippen molar-refractivity contribution < 1.29 is 9.59 Å². The molecule has 1 fully saturated rings. The molecular formula is C23H31N3O2S. The molecule has 0 N–H and O–H groups in total. The van der Waals surface area contributed by atoms with Crippen molar-refractivity contribution in [2.75, 3.05) is 45.2 Å². The summed E-state index contributed by atoms with van der Waals surface area (Å²) in [5, 5.41) is 0. The highest BCUT2D eigenvalue weighted by atomic mass is 32.1. The number of hydrogen-bond donors (Lipinski definition) is 0. The summed E-state index contributed by atoms with van der Waals surface area (Å²) in [6, 6.07) is 12.0. The third kappa shape index (κ3) is 5.90. The van der Waals surface area contributed by atoms with Gasteiger partial charge >= 0.3 is 0 Å². The van der Waals surface area contributed by atoms with E-state index in [1.807, 2.05) is 43.3 Å². The quantitative estimate of drug-likeness (QED) is 0.620. The minimum atomic E-state index is 0.0868. The molecule has 1 aliphatic heterocycles. The smallest absolute Gasteiger partial charge is 0.226 e. The number of nitrogens with zero attached hydrogens (tertiary/aromatic N) is 3. The van der Waals surface area contributed by atoms with Crippen molar-refractivity contribution in [3.05, 3.63) is 51.7 Å². The lowest BCUT2D eigenvalue weighted by Gasteiger charge is -2.35. The van der Waals surface area contributed by atoms with E-state index in [9.17, 15) is 9.59 Å². The molecule has 0 unspecified atom stereocenters. The monoisotopic (exact) mass is 413 g/mol. The normalized spacial score (nSPS) is 15.0. The van der Waals surface area contributed by atoms with Crippen LogP contribution in [0.15, 0.2) is 36.4 Å². The average Bonchev–Trinajstić information content (AvgIpc) is 3.15. The van der Waals surface area contributed by atoms with Crippen LogP contribution in [0.3, 0.4) is 0 Å². The van der Waals surface area contributed by atoms with Crippen LogP contribution in [0.4, 0.5) is 5.69 Å². The number of hydrogen-bond acceptors (Lipinski definition) is 5. The molecule has 0 radical (unpaired) electrons. The van der Waals surface area contributed by atoms with E-state index in [0.717, 1.165) is 51.0 Å². The highest BCUT2D eigenvalue weighted by Gasteiger charge is 2.29. The van der Waals surface area contributed by atoms with E-state index >= 15 is 0 Å². The van der Waals surface area contributed by atoms with Gasteiger partial charge in [0, 0.05) is 53.1 Å². The van der Waals surface area contributed by atoms with Crippen LogP contribution in [-0.4, -0.2) is 62.3 Å². The summed E-state index contributed by atoms with van der Waals surface area (Å²) >= 11 is 1.77. The van der Waals surface area contributed by atoms with Gasteiger partial charge in [-0.2, -0.15) is 0 Å². The molecule has 2 aromatic rings. The lowest BCUT2D eigenvalue weighted by Crippen LogP contribution is -2.44. The van der Waals surface area contributed by atoms with Gasteiger partial charge in [-0.3, -0.25) is 9.59 Å². The van der Waals surface area contributed by atoms with E-state index in [-0.39, 0.29) is 11.8 Å². The fourth-order valence-corrected chi connectivity index (χ4v) is 4.66. The van der Waals surface area contributed by atoms with E-state index in [0.29, 0.717) is 12.1 Å². The van der Waals surface area contributed by atoms with Crippen molar-refractivity contribution in [2.24, 2.45) is 5.92 Å². The van der Waals surface area contributed by atoms with Crippen LogP contribution in [0, 0.1) is 12.8 Å². The second kappa shape index (κ2) is 10.0. The number of amides is 1. The number of anilines is 1. The van der Waals surface area contributed by atoms with Crippen LogP contribution in [0.25, 0.3) is 0 Å². The Balaban J connectivity index is 1.61. The Kier molecular flexibility index (Phi) is 7.45. The van der Waals surface area contributed by atoms with E-state index in [4.69, 9.17) is 0 Å². The zero-order chi connectivity index (χ0) is 20.8. The molecule has 1 saturated heterocycles. The first-order valence-electron chi connectivity index (χ1n) is 10.3. The Labute approximate surface area is 177 Å². The molecule has 0 bridgehead atoms. The third-order valence-corrected chi connectivity index (χ3v) is 6.50.